The molecule has 0 atom stereocenters. The number of rotatable bonds is 4. The number of nitrogens with one attached hydrogen (secondary N) is 1. The Labute approximate surface area is 123 Å². The van der Waals surface area contributed by atoms with Gasteiger partial charge in [0.2, 0.25) is 0 Å². The molecule has 3 aromatic rings. The van der Waals surface area contributed by atoms with Crippen molar-refractivity contribution in [3.8, 4) is 0 Å². The number of para-hydroxylation sites is 1. The molecule has 1 aromatic heterocycles. The first-order valence-electron chi connectivity index (χ1n) is 6.80. The molecule has 0 spiro atoms. The van der Waals surface area contributed by atoms with E-state index in [1.165, 1.54) is 10.3 Å². The number of hydrogen-bond donors (Lipinski definition) is 1. The van der Waals surface area contributed by atoms with Crippen molar-refractivity contribution >= 4 is 26.7 Å². The molecule has 2 nitrogen and oxygen atoms in total. The van der Waals surface area contributed by atoms with E-state index in [2.05, 4.69) is 72.7 Å². The third-order valence-corrected chi connectivity index (χ3v) is 4.52. The highest BCUT2D eigenvalue weighted by Gasteiger charge is 2.20. The topological polar surface area (TPSA) is 24.9 Å². The van der Waals surface area contributed by atoms with E-state index in [-0.39, 0.29) is 5.41 Å². The Kier molecular flexibility index (Phi) is 3.45. The van der Waals surface area contributed by atoms with Gasteiger partial charge in [-0.15, -0.1) is 0 Å². The zero-order valence-corrected chi connectivity index (χ0v) is 12.6. The van der Waals surface area contributed by atoms with Gasteiger partial charge in [-0.2, -0.15) is 0 Å². The molecule has 1 N–H and O–H groups in total. The summed E-state index contributed by atoms with van der Waals surface area (Å²) in [5.74, 6) is 0. The first-order valence-corrected chi connectivity index (χ1v) is 7.62. The number of thiazole rings is 1. The van der Waals surface area contributed by atoms with Gasteiger partial charge in [0.25, 0.3) is 0 Å². The summed E-state index contributed by atoms with van der Waals surface area (Å²) in [5.41, 5.74) is 2.49. The van der Waals surface area contributed by atoms with Crippen molar-refractivity contribution in [3.63, 3.8) is 0 Å². The van der Waals surface area contributed by atoms with Crippen LogP contribution in [0.1, 0.15) is 19.4 Å². The summed E-state index contributed by atoms with van der Waals surface area (Å²) in [6.07, 6.45) is 0. The van der Waals surface area contributed by atoms with Gasteiger partial charge in [-0.1, -0.05) is 67.6 Å². The molecule has 0 radical (unpaired) electrons. The van der Waals surface area contributed by atoms with Crippen LogP contribution in [0.5, 0.6) is 0 Å². The maximum atomic E-state index is 4.62. The summed E-state index contributed by atoms with van der Waals surface area (Å²) in [7, 11) is 0. The highest BCUT2D eigenvalue weighted by molar-refractivity contribution is 7.22. The van der Waals surface area contributed by atoms with Crippen LogP contribution in [0.4, 0.5) is 5.13 Å². The van der Waals surface area contributed by atoms with Crippen molar-refractivity contribution < 1.29 is 0 Å². The van der Waals surface area contributed by atoms with Gasteiger partial charge in [0.15, 0.2) is 5.13 Å². The number of fused-ring (bicyclic) bond motifs is 1. The molecule has 0 saturated heterocycles. The van der Waals surface area contributed by atoms with Crippen LogP contribution in [0.15, 0.2) is 54.6 Å². The Morgan fingerprint density at radius 2 is 1.70 bits per heavy atom. The fraction of sp³-hybridized carbons (Fsp3) is 0.235. The molecule has 2 aromatic carbocycles. The second kappa shape index (κ2) is 5.25. The van der Waals surface area contributed by atoms with Crippen LogP contribution < -0.4 is 5.32 Å². The van der Waals surface area contributed by atoms with Crippen molar-refractivity contribution in [2.24, 2.45) is 0 Å². The van der Waals surface area contributed by atoms with E-state index in [0.29, 0.717) is 0 Å². The highest BCUT2D eigenvalue weighted by Crippen LogP contribution is 2.28. The second-order valence-electron chi connectivity index (χ2n) is 5.59. The molecule has 102 valence electrons. The number of aromatic nitrogens is 1. The molecule has 3 rings (SSSR count). The van der Waals surface area contributed by atoms with E-state index in [0.717, 1.165) is 17.2 Å². The normalized spacial score (nSPS) is 11.7. The third-order valence-electron chi connectivity index (χ3n) is 3.53. The monoisotopic (exact) mass is 282 g/mol. The van der Waals surface area contributed by atoms with Crippen molar-refractivity contribution in [1.82, 2.24) is 4.98 Å². The van der Waals surface area contributed by atoms with Gasteiger partial charge in [0.1, 0.15) is 0 Å². The van der Waals surface area contributed by atoms with E-state index in [9.17, 15) is 0 Å². The number of benzene rings is 2. The molecule has 1 heterocycles. The molecule has 3 heteroatoms. The smallest absolute Gasteiger partial charge is 0.183 e. The zero-order valence-electron chi connectivity index (χ0n) is 11.8. The van der Waals surface area contributed by atoms with Crippen LogP contribution in [0, 0.1) is 0 Å². The summed E-state index contributed by atoms with van der Waals surface area (Å²) >= 11 is 1.71. The predicted molar refractivity (Wildman–Crippen MR) is 87.6 cm³/mol. The fourth-order valence-corrected chi connectivity index (χ4v) is 3.10. The quantitative estimate of drug-likeness (QED) is 0.751. The Balaban J connectivity index is 1.75. The van der Waals surface area contributed by atoms with Gasteiger partial charge in [0.05, 0.1) is 10.2 Å². The second-order valence-corrected chi connectivity index (χ2v) is 6.62. The number of anilines is 1. The van der Waals surface area contributed by atoms with Gasteiger partial charge < -0.3 is 5.32 Å². The first kappa shape index (κ1) is 13.1. The van der Waals surface area contributed by atoms with Crippen LogP contribution >= 0.6 is 11.3 Å². The Morgan fingerprint density at radius 3 is 2.45 bits per heavy atom. The Bertz CT molecular complexity index is 668. The minimum Gasteiger partial charge on any atom is -0.361 e. The molecule has 0 bridgehead atoms. The Morgan fingerprint density at radius 1 is 1.00 bits per heavy atom. The largest absolute Gasteiger partial charge is 0.361 e. The van der Waals surface area contributed by atoms with E-state index >= 15 is 0 Å². The third kappa shape index (κ3) is 2.68. The molecule has 0 fully saturated rings. The first-order chi connectivity index (χ1) is 9.65. The summed E-state index contributed by atoms with van der Waals surface area (Å²) in [6.45, 7) is 5.38. The van der Waals surface area contributed by atoms with Gasteiger partial charge in [-0.3, -0.25) is 0 Å². The van der Waals surface area contributed by atoms with Crippen molar-refractivity contribution in [2.45, 2.75) is 19.3 Å². The predicted octanol–water partition coefficient (Wildman–Crippen LogP) is 4.69. The van der Waals surface area contributed by atoms with Crippen molar-refractivity contribution in [3.05, 3.63) is 60.2 Å². The lowest BCUT2D eigenvalue weighted by atomic mass is 9.85. The van der Waals surface area contributed by atoms with Crippen molar-refractivity contribution in [2.75, 3.05) is 11.9 Å². The van der Waals surface area contributed by atoms with Crippen LogP contribution in [0.2, 0.25) is 0 Å². The summed E-state index contributed by atoms with van der Waals surface area (Å²) in [5, 5.41) is 4.48. The molecule has 0 unspecified atom stereocenters. The number of nitrogens with zero attached hydrogens (tertiary/aromatic N) is 1. The minimum atomic E-state index is 0.0825. The van der Waals surface area contributed by atoms with E-state index < -0.39 is 0 Å². The number of hydrogen-bond acceptors (Lipinski definition) is 3. The molecule has 0 amide bonds. The average molecular weight is 282 g/mol. The minimum absolute atomic E-state index is 0.0825. The van der Waals surface area contributed by atoms with Crippen LogP contribution in [0.3, 0.4) is 0 Å². The molecule has 0 aliphatic carbocycles. The van der Waals surface area contributed by atoms with Crippen molar-refractivity contribution in [1.29, 1.82) is 0 Å². The lowest BCUT2D eigenvalue weighted by Crippen LogP contribution is -2.27. The highest BCUT2D eigenvalue weighted by atomic mass is 32.1. The van der Waals surface area contributed by atoms with Gasteiger partial charge >= 0.3 is 0 Å². The molecule has 0 saturated carbocycles. The molecular formula is C17H18N2S. The van der Waals surface area contributed by atoms with E-state index in [1.54, 1.807) is 11.3 Å². The molecule has 0 aliphatic heterocycles. The SMILES string of the molecule is CC(C)(CNc1nc2ccccc2s1)c1ccccc1. The summed E-state index contributed by atoms with van der Waals surface area (Å²) in [6, 6.07) is 18.8. The maximum absolute atomic E-state index is 4.62. The summed E-state index contributed by atoms with van der Waals surface area (Å²) < 4.78 is 1.23. The summed E-state index contributed by atoms with van der Waals surface area (Å²) in [4.78, 5) is 4.62. The van der Waals surface area contributed by atoms with Gasteiger partial charge in [-0.05, 0) is 17.7 Å². The lowest BCUT2D eigenvalue weighted by Gasteiger charge is -2.25. The van der Waals surface area contributed by atoms with Gasteiger partial charge in [-0.25, -0.2) is 4.98 Å². The van der Waals surface area contributed by atoms with Crippen LogP contribution in [0.25, 0.3) is 10.2 Å². The van der Waals surface area contributed by atoms with E-state index in [4.69, 9.17) is 0 Å². The zero-order chi connectivity index (χ0) is 14.0. The molecular weight excluding hydrogens is 264 g/mol. The maximum Gasteiger partial charge on any atom is 0.183 e. The fourth-order valence-electron chi connectivity index (χ4n) is 2.24. The standard InChI is InChI=1S/C17H18N2S/c1-17(2,13-8-4-3-5-9-13)12-18-16-19-14-10-6-7-11-15(14)20-16/h3-11H,12H2,1-2H3,(H,18,19). The van der Waals surface area contributed by atoms with Crippen LogP contribution in [-0.4, -0.2) is 11.5 Å². The average Bonchev–Trinajstić information content (AvgIpc) is 2.89. The Hall–Kier alpha value is -1.87. The molecule has 0 aliphatic rings. The van der Waals surface area contributed by atoms with E-state index in [1.807, 2.05) is 6.07 Å². The molecule has 20 heavy (non-hydrogen) atoms. The lowest BCUT2D eigenvalue weighted by molar-refractivity contribution is 0.557. The van der Waals surface area contributed by atoms with Gasteiger partial charge in [0, 0.05) is 12.0 Å². The van der Waals surface area contributed by atoms with Crippen LogP contribution in [-0.2, 0) is 5.41 Å².